The Bertz CT molecular complexity index is 596. The molecule has 2 aromatic heterocycles. The lowest BCUT2D eigenvalue weighted by atomic mass is 10.3. The van der Waals surface area contributed by atoms with Crippen LogP contribution in [-0.4, -0.2) is 29.4 Å². The monoisotopic (exact) mass is 266 g/mol. The van der Waals surface area contributed by atoms with Gasteiger partial charge in [-0.15, -0.1) is 0 Å². The van der Waals surface area contributed by atoms with Gasteiger partial charge in [-0.3, -0.25) is 14.5 Å². The second kappa shape index (κ2) is 5.07. The Morgan fingerprint density at radius 3 is 2.94 bits per heavy atom. The first-order valence-corrected chi connectivity index (χ1v) is 6.04. The van der Waals surface area contributed by atoms with Crippen molar-refractivity contribution in [3.8, 4) is 0 Å². The van der Waals surface area contributed by atoms with Crippen molar-refractivity contribution >= 4 is 22.8 Å². The van der Waals surface area contributed by atoms with Crippen LogP contribution in [0.3, 0.4) is 0 Å². The van der Waals surface area contributed by atoms with E-state index in [1.807, 2.05) is 0 Å². The fourth-order valence-corrected chi connectivity index (χ4v) is 1.86. The first kappa shape index (κ1) is 12.4. The summed E-state index contributed by atoms with van der Waals surface area (Å²) in [6.07, 6.45) is 4.31. The molecule has 2 rings (SSSR count). The van der Waals surface area contributed by atoms with E-state index in [0.29, 0.717) is 5.56 Å². The molecule has 1 atom stereocenters. The Hall–Kier alpha value is -2.06. The van der Waals surface area contributed by atoms with E-state index in [4.69, 9.17) is 4.55 Å². The molecular formula is C10H10N4O3S. The highest BCUT2D eigenvalue weighted by molar-refractivity contribution is 7.79. The number of hydrogen-bond acceptors (Lipinski definition) is 4. The van der Waals surface area contributed by atoms with E-state index in [-0.39, 0.29) is 10.7 Å². The number of amides is 1. The van der Waals surface area contributed by atoms with Gasteiger partial charge in [-0.2, -0.15) is 5.10 Å². The van der Waals surface area contributed by atoms with Crippen molar-refractivity contribution in [2.75, 3.05) is 5.32 Å². The van der Waals surface area contributed by atoms with E-state index in [0.717, 1.165) is 0 Å². The molecule has 0 aliphatic carbocycles. The minimum Gasteiger partial charge on any atom is -0.304 e. The first-order valence-electron chi connectivity index (χ1n) is 4.94. The van der Waals surface area contributed by atoms with Crippen LogP contribution in [0.25, 0.3) is 0 Å². The van der Waals surface area contributed by atoms with Crippen LogP contribution in [-0.2, 0) is 18.1 Å². The zero-order chi connectivity index (χ0) is 13.1. The molecule has 1 unspecified atom stereocenters. The number of nitrogens with zero attached hydrogens (tertiary/aromatic N) is 3. The van der Waals surface area contributed by atoms with Gasteiger partial charge in [0.15, 0.2) is 16.9 Å². The van der Waals surface area contributed by atoms with Crippen LogP contribution in [0.5, 0.6) is 0 Å². The van der Waals surface area contributed by atoms with Crippen molar-refractivity contribution in [1.29, 1.82) is 0 Å². The maximum Gasteiger partial charge on any atom is 0.258 e. The maximum atomic E-state index is 11.8. The molecule has 18 heavy (non-hydrogen) atoms. The molecule has 0 radical (unpaired) electrons. The highest BCUT2D eigenvalue weighted by Crippen LogP contribution is 2.16. The van der Waals surface area contributed by atoms with Crippen molar-refractivity contribution in [3.63, 3.8) is 0 Å². The maximum absolute atomic E-state index is 11.8. The van der Waals surface area contributed by atoms with Gasteiger partial charge in [-0.25, -0.2) is 4.21 Å². The number of carbonyl (C=O) groups excluding carboxylic acids is 1. The van der Waals surface area contributed by atoms with E-state index in [1.165, 1.54) is 17.1 Å². The Morgan fingerprint density at radius 1 is 1.56 bits per heavy atom. The van der Waals surface area contributed by atoms with Crippen LogP contribution < -0.4 is 5.32 Å². The summed E-state index contributed by atoms with van der Waals surface area (Å²) in [5.41, 5.74) is 0.345. The Balaban J connectivity index is 2.25. The van der Waals surface area contributed by atoms with Gasteiger partial charge in [0, 0.05) is 25.6 Å². The van der Waals surface area contributed by atoms with Crippen molar-refractivity contribution < 1.29 is 13.6 Å². The summed E-state index contributed by atoms with van der Waals surface area (Å²) in [6, 6.07) is 3.21. The minimum atomic E-state index is -2.21. The smallest absolute Gasteiger partial charge is 0.258 e. The molecule has 1 amide bonds. The van der Waals surface area contributed by atoms with Crippen molar-refractivity contribution in [2.24, 2.45) is 7.05 Å². The van der Waals surface area contributed by atoms with Crippen LogP contribution in [0.2, 0.25) is 0 Å². The Labute approximate surface area is 105 Å². The van der Waals surface area contributed by atoms with Crippen molar-refractivity contribution in [2.45, 2.75) is 4.90 Å². The molecular weight excluding hydrogens is 256 g/mol. The molecule has 0 saturated heterocycles. The van der Waals surface area contributed by atoms with Gasteiger partial charge < -0.3 is 9.87 Å². The van der Waals surface area contributed by atoms with Gasteiger partial charge in [0.2, 0.25) is 0 Å². The van der Waals surface area contributed by atoms with E-state index in [9.17, 15) is 9.00 Å². The van der Waals surface area contributed by atoms with Gasteiger partial charge in [0.1, 0.15) is 4.90 Å². The van der Waals surface area contributed by atoms with E-state index >= 15 is 0 Å². The second-order valence-electron chi connectivity index (χ2n) is 3.46. The topological polar surface area (TPSA) is 97.1 Å². The third kappa shape index (κ3) is 2.60. The van der Waals surface area contributed by atoms with Gasteiger partial charge in [-0.1, -0.05) is 0 Å². The number of aryl methyl sites for hydroxylation is 1. The zero-order valence-electron chi connectivity index (χ0n) is 9.40. The molecule has 0 fully saturated rings. The number of hydrogen-bond donors (Lipinski definition) is 2. The molecule has 0 aromatic carbocycles. The quantitative estimate of drug-likeness (QED) is 0.795. The third-order valence-corrected chi connectivity index (χ3v) is 2.81. The number of carbonyl (C=O) groups is 1. The number of aromatic nitrogens is 3. The predicted molar refractivity (Wildman–Crippen MR) is 64.4 cm³/mol. The molecule has 2 N–H and O–H groups in total. The summed E-state index contributed by atoms with van der Waals surface area (Å²) in [4.78, 5) is 15.7. The largest absolute Gasteiger partial charge is 0.304 e. The summed E-state index contributed by atoms with van der Waals surface area (Å²) < 4.78 is 21.5. The average molecular weight is 266 g/mol. The fraction of sp³-hybridized carbons (Fsp3) is 0.100. The summed E-state index contributed by atoms with van der Waals surface area (Å²) in [5.74, 6) is -0.374. The summed E-state index contributed by atoms with van der Waals surface area (Å²) in [7, 11) is 1.59. The first-order chi connectivity index (χ1) is 8.58. The molecule has 8 heteroatoms. The molecule has 2 aromatic rings. The Kier molecular flexibility index (Phi) is 3.49. The molecule has 0 bridgehead atoms. The van der Waals surface area contributed by atoms with E-state index in [1.54, 1.807) is 25.4 Å². The van der Waals surface area contributed by atoms with Crippen molar-refractivity contribution in [3.05, 3.63) is 36.3 Å². The lowest BCUT2D eigenvalue weighted by molar-refractivity contribution is 0.102. The van der Waals surface area contributed by atoms with Crippen LogP contribution in [0.4, 0.5) is 5.82 Å². The van der Waals surface area contributed by atoms with Gasteiger partial charge in [0.25, 0.3) is 5.91 Å². The molecule has 0 aliphatic heterocycles. The number of anilines is 1. The highest BCUT2D eigenvalue weighted by Gasteiger charge is 2.16. The summed E-state index contributed by atoms with van der Waals surface area (Å²) in [6.45, 7) is 0. The molecule has 2 heterocycles. The Morgan fingerprint density at radius 2 is 2.33 bits per heavy atom. The SMILES string of the molecule is Cn1cc(S(=O)O)c(NC(=O)c2cccnc2)n1. The number of rotatable bonds is 3. The average Bonchev–Trinajstić information content (AvgIpc) is 2.71. The standard InChI is InChI=1S/C10H10N4O3S/c1-14-6-8(18(16)17)9(13-14)12-10(15)7-3-2-4-11-5-7/h2-6H,1H3,(H,16,17)(H,12,13,15). The predicted octanol–water partition coefficient (Wildman–Crippen LogP) is 0.648. The van der Waals surface area contributed by atoms with Crippen molar-refractivity contribution in [1.82, 2.24) is 14.8 Å². The van der Waals surface area contributed by atoms with E-state index in [2.05, 4.69) is 15.4 Å². The molecule has 94 valence electrons. The lowest BCUT2D eigenvalue weighted by Crippen LogP contribution is -2.14. The van der Waals surface area contributed by atoms with E-state index < -0.39 is 17.0 Å². The third-order valence-electron chi connectivity index (χ3n) is 2.14. The fourth-order valence-electron chi connectivity index (χ4n) is 1.36. The zero-order valence-corrected chi connectivity index (χ0v) is 10.2. The van der Waals surface area contributed by atoms with Gasteiger partial charge >= 0.3 is 0 Å². The summed E-state index contributed by atoms with van der Waals surface area (Å²) >= 11 is -2.21. The molecule has 0 aliphatic rings. The van der Waals surface area contributed by atoms with Gasteiger partial charge in [-0.05, 0) is 12.1 Å². The number of nitrogens with one attached hydrogen (secondary N) is 1. The molecule has 7 nitrogen and oxygen atoms in total. The van der Waals surface area contributed by atoms with Crippen LogP contribution in [0, 0.1) is 0 Å². The van der Waals surface area contributed by atoms with Crippen LogP contribution in [0.1, 0.15) is 10.4 Å². The number of pyridine rings is 1. The second-order valence-corrected chi connectivity index (χ2v) is 4.40. The van der Waals surface area contributed by atoms with Crippen LogP contribution in [0.15, 0.2) is 35.6 Å². The molecule has 0 spiro atoms. The molecule has 0 saturated carbocycles. The minimum absolute atomic E-state index is 0.0507. The summed E-state index contributed by atoms with van der Waals surface area (Å²) in [5, 5.41) is 6.37. The van der Waals surface area contributed by atoms with Crippen LogP contribution >= 0.6 is 0 Å². The lowest BCUT2D eigenvalue weighted by Gasteiger charge is -2.02. The van der Waals surface area contributed by atoms with Gasteiger partial charge in [0.05, 0.1) is 5.56 Å². The normalized spacial score (nSPS) is 12.1. The highest BCUT2D eigenvalue weighted by atomic mass is 32.2.